The van der Waals surface area contributed by atoms with Crippen LogP contribution in [0.3, 0.4) is 0 Å². The Balaban J connectivity index is 1.70. The molecule has 3 atom stereocenters. The van der Waals surface area contributed by atoms with Gasteiger partial charge in [-0.15, -0.1) is 0 Å². The number of carbonyl (C=O) groups is 3. The minimum atomic E-state index is -1.05. The Morgan fingerprint density at radius 1 is 0.767 bits per heavy atom. The summed E-state index contributed by atoms with van der Waals surface area (Å²) >= 11 is 0. The Morgan fingerprint density at radius 3 is 2.09 bits per heavy atom. The first-order valence-corrected chi connectivity index (χ1v) is 14.0. The molecule has 0 saturated carbocycles. The lowest BCUT2D eigenvalue weighted by Gasteiger charge is -2.34. The van der Waals surface area contributed by atoms with Crippen LogP contribution in [0.1, 0.15) is 40.0 Å². The van der Waals surface area contributed by atoms with Crippen LogP contribution in [0.5, 0.6) is 0 Å². The van der Waals surface area contributed by atoms with Crippen molar-refractivity contribution in [3.8, 4) is 0 Å². The quantitative estimate of drug-likeness (QED) is 0.283. The lowest BCUT2D eigenvalue weighted by molar-refractivity contribution is -0.142. The predicted octanol–water partition coefficient (Wildman–Crippen LogP) is 4.64. The molecule has 0 fully saturated rings. The smallest absolute Gasteiger partial charge is 0.254 e. The lowest BCUT2D eigenvalue weighted by atomic mass is 9.97. The van der Waals surface area contributed by atoms with E-state index in [0.717, 1.165) is 34.0 Å². The molecule has 0 saturated heterocycles. The van der Waals surface area contributed by atoms with Gasteiger partial charge in [0, 0.05) is 45.6 Å². The van der Waals surface area contributed by atoms with Crippen molar-refractivity contribution in [2.24, 2.45) is 5.73 Å². The highest BCUT2D eigenvalue weighted by Gasteiger charge is 2.35. The normalized spacial score (nSPS) is 13.2. The van der Waals surface area contributed by atoms with E-state index in [-0.39, 0.29) is 24.8 Å². The van der Waals surface area contributed by atoms with Crippen LogP contribution in [0.25, 0.3) is 10.8 Å². The fourth-order valence-electron chi connectivity index (χ4n) is 5.13. The van der Waals surface area contributed by atoms with Gasteiger partial charge in [-0.3, -0.25) is 14.4 Å². The van der Waals surface area contributed by atoms with Gasteiger partial charge in [0.2, 0.25) is 11.8 Å². The van der Waals surface area contributed by atoms with Crippen LogP contribution in [-0.2, 0) is 22.4 Å². The summed E-state index contributed by atoms with van der Waals surface area (Å²) in [6, 6.07) is 21.7. The molecule has 4 rings (SSSR count). The highest BCUT2D eigenvalue weighted by molar-refractivity contribution is 5.98. The van der Waals surface area contributed by atoms with Crippen LogP contribution in [0.15, 0.2) is 84.9 Å². The summed E-state index contributed by atoms with van der Waals surface area (Å²) in [5.74, 6) is -3.40. The zero-order valence-electron chi connectivity index (χ0n) is 24.7. The van der Waals surface area contributed by atoms with E-state index in [0.29, 0.717) is 11.1 Å². The summed E-state index contributed by atoms with van der Waals surface area (Å²) in [6.45, 7) is 1.82. The molecule has 0 aliphatic rings. The number of carbonyl (C=O) groups excluding carboxylic acids is 3. The van der Waals surface area contributed by atoms with Gasteiger partial charge in [-0.25, -0.2) is 8.78 Å². The Bertz CT molecular complexity index is 1640. The second-order valence-corrected chi connectivity index (χ2v) is 10.8. The third kappa shape index (κ3) is 7.24. The van der Waals surface area contributed by atoms with Gasteiger partial charge in [-0.05, 0) is 58.7 Å². The van der Waals surface area contributed by atoms with E-state index in [9.17, 15) is 23.2 Å². The van der Waals surface area contributed by atoms with Crippen molar-refractivity contribution in [1.29, 1.82) is 0 Å². The molecule has 0 aliphatic heterocycles. The monoisotopic (exact) mass is 586 g/mol. The Morgan fingerprint density at radius 2 is 1.42 bits per heavy atom. The summed E-state index contributed by atoms with van der Waals surface area (Å²) in [5, 5.41) is 4.58. The molecule has 4 aromatic carbocycles. The summed E-state index contributed by atoms with van der Waals surface area (Å²) < 4.78 is 27.5. The van der Waals surface area contributed by atoms with Crippen molar-refractivity contribution >= 4 is 28.5 Å². The number of nitrogens with one attached hydrogen (secondary N) is 1. The topological polar surface area (TPSA) is 95.7 Å². The predicted molar refractivity (Wildman–Crippen MR) is 163 cm³/mol. The number of fused-ring (bicyclic) bond motifs is 1. The fourth-order valence-corrected chi connectivity index (χ4v) is 5.13. The number of halogens is 2. The van der Waals surface area contributed by atoms with Gasteiger partial charge in [0.15, 0.2) is 11.6 Å². The molecule has 43 heavy (non-hydrogen) atoms. The van der Waals surface area contributed by atoms with Crippen molar-refractivity contribution in [3.63, 3.8) is 0 Å². The minimum Gasteiger partial charge on any atom is -0.357 e. The average molecular weight is 587 g/mol. The maximum Gasteiger partial charge on any atom is 0.254 e. The lowest BCUT2D eigenvalue weighted by Crippen LogP contribution is -2.55. The second-order valence-electron chi connectivity index (χ2n) is 10.8. The van der Waals surface area contributed by atoms with E-state index in [1.54, 1.807) is 25.2 Å². The van der Waals surface area contributed by atoms with E-state index in [1.165, 1.54) is 30.0 Å². The zero-order chi connectivity index (χ0) is 31.3. The number of nitrogens with zero attached hydrogens (tertiary/aromatic N) is 2. The molecule has 224 valence electrons. The van der Waals surface area contributed by atoms with E-state index >= 15 is 0 Å². The first-order valence-electron chi connectivity index (χ1n) is 14.0. The largest absolute Gasteiger partial charge is 0.357 e. The van der Waals surface area contributed by atoms with E-state index in [4.69, 9.17) is 5.73 Å². The van der Waals surface area contributed by atoms with Crippen molar-refractivity contribution in [2.75, 3.05) is 21.1 Å². The molecule has 0 spiro atoms. The number of hydrogen-bond acceptors (Lipinski definition) is 4. The zero-order valence-corrected chi connectivity index (χ0v) is 24.7. The van der Waals surface area contributed by atoms with Crippen molar-refractivity contribution < 1.29 is 23.2 Å². The fraction of sp³-hybridized carbons (Fsp3) is 0.265. The standard InChI is InChI=1S/C34H36F2N4O3/c1-21(37)25-10-7-11-27(20-25)33(42)40(4)31(19-22-12-14-24-8-5-6-9-26(24)16-22)34(43)39(3)30(32(41)38-2)18-23-13-15-28(35)29(36)17-23/h5-17,20-21,30-31H,18-19,37H2,1-4H3,(H,38,41)/t21?,30-,31-/m1/s1. The molecule has 9 heteroatoms. The van der Waals surface area contributed by atoms with Crippen LogP contribution >= 0.6 is 0 Å². The second kappa shape index (κ2) is 13.6. The number of amides is 3. The van der Waals surface area contributed by atoms with Crippen LogP contribution in [0, 0.1) is 11.6 Å². The van der Waals surface area contributed by atoms with Crippen LogP contribution in [-0.4, -0.2) is 60.7 Å². The maximum absolute atomic E-state index is 14.2. The van der Waals surface area contributed by atoms with Crippen LogP contribution < -0.4 is 11.1 Å². The van der Waals surface area contributed by atoms with Crippen molar-refractivity contribution in [3.05, 3.63) is 119 Å². The van der Waals surface area contributed by atoms with Crippen molar-refractivity contribution in [1.82, 2.24) is 15.1 Å². The molecule has 1 unspecified atom stereocenters. The van der Waals surface area contributed by atoms with Gasteiger partial charge in [0.1, 0.15) is 12.1 Å². The third-order valence-electron chi connectivity index (χ3n) is 7.75. The van der Waals surface area contributed by atoms with Gasteiger partial charge in [0.05, 0.1) is 0 Å². The van der Waals surface area contributed by atoms with E-state index in [2.05, 4.69) is 5.32 Å². The molecule has 0 aromatic heterocycles. The van der Waals surface area contributed by atoms with Gasteiger partial charge in [-0.2, -0.15) is 0 Å². The number of likely N-dealkylation sites (N-methyl/N-ethyl adjacent to an activating group) is 3. The third-order valence-corrected chi connectivity index (χ3v) is 7.75. The average Bonchev–Trinajstić information content (AvgIpc) is 3.02. The van der Waals surface area contributed by atoms with Gasteiger partial charge in [0.25, 0.3) is 5.91 Å². The van der Waals surface area contributed by atoms with Crippen molar-refractivity contribution in [2.45, 2.75) is 37.9 Å². The first kappa shape index (κ1) is 31.3. The summed E-state index contributed by atoms with van der Waals surface area (Å²) in [5.41, 5.74) is 8.36. The number of rotatable bonds is 10. The molecule has 0 bridgehead atoms. The van der Waals surface area contributed by atoms with E-state index < -0.39 is 35.5 Å². The molecule has 0 radical (unpaired) electrons. The van der Waals surface area contributed by atoms with Gasteiger partial charge < -0.3 is 20.9 Å². The number of nitrogens with two attached hydrogens (primary N) is 1. The summed E-state index contributed by atoms with van der Waals surface area (Å²) in [7, 11) is 4.47. The van der Waals surface area contributed by atoms with Gasteiger partial charge in [-0.1, -0.05) is 60.7 Å². The molecule has 4 aromatic rings. The highest BCUT2D eigenvalue weighted by Crippen LogP contribution is 2.22. The SMILES string of the molecule is CNC(=O)[C@@H](Cc1ccc(F)c(F)c1)N(C)C(=O)[C@@H](Cc1ccc2ccccc2c1)N(C)C(=O)c1cccc(C(C)N)c1. The maximum atomic E-state index is 14.2. The molecular formula is C34H36F2N4O3. The van der Waals surface area contributed by atoms with E-state index in [1.807, 2.05) is 55.5 Å². The summed E-state index contributed by atoms with van der Waals surface area (Å²) in [4.78, 5) is 43.7. The first-order chi connectivity index (χ1) is 20.5. The molecule has 3 amide bonds. The minimum absolute atomic E-state index is 0.0596. The van der Waals surface area contributed by atoms with Gasteiger partial charge >= 0.3 is 0 Å². The highest BCUT2D eigenvalue weighted by atomic mass is 19.2. The Labute approximate surface area is 250 Å². The Hall–Kier alpha value is -4.63. The van der Waals surface area contributed by atoms with Crippen LogP contribution in [0.2, 0.25) is 0 Å². The molecule has 3 N–H and O–H groups in total. The molecule has 0 heterocycles. The number of hydrogen-bond donors (Lipinski definition) is 2. The van der Waals surface area contributed by atoms with Crippen LogP contribution in [0.4, 0.5) is 8.78 Å². The molecule has 7 nitrogen and oxygen atoms in total. The Kier molecular flexibility index (Phi) is 9.88. The summed E-state index contributed by atoms with van der Waals surface area (Å²) in [6.07, 6.45) is 0.116. The molecular weight excluding hydrogens is 550 g/mol. The number of benzene rings is 4. The molecule has 0 aliphatic carbocycles.